The molecule has 0 aromatic carbocycles. The van der Waals surface area contributed by atoms with Crippen LogP contribution < -0.4 is 5.32 Å². The number of hydrogen-bond donors (Lipinski definition) is 1. The van der Waals surface area contributed by atoms with Gasteiger partial charge in [-0.3, -0.25) is 0 Å². The molecule has 1 saturated carbocycles. The van der Waals surface area contributed by atoms with Gasteiger partial charge in [-0.2, -0.15) is 0 Å². The van der Waals surface area contributed by atoms with Crippen LogP contribution in [0.15, 0.2) is 12.2 Å². The van der Waals surface area contributed by atoms with Crippen LogP contribution in [0.3, 0.4) is 0 Å². The van der Waals surface area contributed by atoms with Crippen LogP contribution in [0.1, 0.15) is 94.4 Å². The molecule has 0 spiro atoms. The molecule has 0 saturated heterocycles. The van der Waals surface area contributed by atoms with Crippen LogP contribution in [0.2, 0.25) is 0 Å². The number of ether oxygens (including phenoxy) is 1. The number of hydrogen-bond acceptors (Lipinski definition) is 4. The van der Waals surface area contributed by atoms with Gasteiger partial charge >= 0.3 is 6.09 Å². The average Bonchev–Trinajstić information content (AvgIpc) is 2.51. The summed E-state index contributed by atoms with van der Waals surface area (Å²) in [6.07, 6.45) is 4.46. The normalized spacial score (nSPS) is 22.5. The Kier molecular flexibility index (Phi) is 8.58. The van der Waals surface area contributed by atoms with E-state index in [-0.39, 0.29) is 23.3 Å². The molecule has 0 aliphatic heterocycles. The third-order valence-electron chi connectivity index (χ3n) is 5.42. The van der Waals surface area contributed by atoms with Gasteiger partial charge in [0.25, 0.3) is 0 Å². The summed E-state index contributed by atoms with van der Waals surface area (Å²) in [6, 6.07) is 0. The number of carbonyl (C=O) groups is 1. The first-order chi connectivity index (χ1) is 12.6. The largest absolute Gasteiger partial charge is 0.446 e. The second kappa shape index (κ2) is 9.62. The van der Waals surface area contributed by atoms with E-state index in [1.165, 1.54) is 18.4 Å². The van der Waals surface area contributed by atoms with Gasteiger partial charge in [0.1, 0.15) is 11.7 Å². The summed E-state index contributed by atoms with van der Waals surface area (Å²) < 4.78 is 5.62. The lowest BCUT2D eigenvalue weighted by molar-refractivity contribution is -0.399. The molecule has 5 nitrogen and oxygen atoms in total. The van der Waals surface area contributed by atoms with Crippen LogP contribution in [-0.2, 0) is 14.5 Å². The number of carbonyl (C=O) groups excluding carboxylic acids is 1. The third kappa shape index (κ3) is 8.95. The summed E-state index contributed by atoms with van der Waals surface area (Å²) in [4.78, 5) is 23.5. The Balaban J connectivity index is 2.54. The van der Waals surface area contributed by atoms with Gasteiger partial charge in [0.2, 0.25) is 0 Å². The maximum absolute atomic E-state index is 12.5. The van der Waals surface area contributed by atoms with Crippen LogP contribution in [0.5, 0.6) is 0 Å². The summed E-state index contributed by atoms with van der Waals surface area (Å²) in [6.45, 7) is 22.0. The molecule has 0 heterocycles. The van der Waals surface area contributed by atoms with E-state index in [0.717, 1.165) is 12.8 Å². The Labute approximate surface area is 172 Å². The lowest BCUT2D eigenvalue weighted by Gasteiger charge is -2.40. The first-order valence-corrected chi connectivity index (χ1v) is 10.6. The van der Waals surface area contributed by atoms with Crippen LogP contribution >= 0.6 is 0 Å². The standard InChI is InChI=1S/C23H43NO4/c1-16(2)18-12-11-13-19(14-18)23(9,10)24-20(25)26-17(3)15-22(7,8)28-27-21(4,5)6/h17-19H,1,11-15H2,2-10H3,(H,24,25). The molecule has 3 unspecified atom stereocenters. The van der Waals surface area contributed by atoms with Crippen molar-refractivity contribution in [2.24, 2.45) is 11.8 Å². The highest BCUT2D eigenvalue weighted by Crippen LogP contribution is 2.38. The van der Waals surface area contributed by atoms with E-state index in [1.807, 2.05) is 41.5 Å². The summed E-state index contributed by atoms with van der Waals surface area (Å²) in [5.74, 6) is 0.973. The second-order valence-electron chi connectivity index (χ2n) is 10.7. The molecular formula is C23H43NO4. The summed E-state index contributed by atoms with van der Waals surface area (Å²) in [5, 5.41) is 3.10. The fourth-order valence-corrected chi connectivity index (χ4v) is 3.88. The van der Waals surface area contributed by atoms with Crippen molar-refractivity contribution in [2.45, 2.75) is 117 Å². The van der Waals surface area contributed by atoms with Crippen molar-refractivity contribution in [1.29, 1.82) is 0 Å². The number of amides is 1. The quantitative estimate of drug-likeness (QED) is 0.302. The first-order valence-electron chi connectivity index (χ1n) is 10.6. The monoisotopic (exact) mass is 397 g/mol. The minimum atomic E-state index is -0.555. The number of rotatable bonds is 8. The van der Waals surface area contributed by atoms with E-state index in [1.54, 1.807) is 0 Å². The molecular weight excluding hydrogens is 354 g/mol. The Bertz CT molecular complexity index is 533. The van der Waals surface area contributed by atoms with Gasteiger partial charge in [0.05, 0.1) is 5.60 Å². The molecule has 1 fully saturated rings. The van der Waals surface area contributed by atoms with Crippen molar-refractivity contribution < 1.29 is 19.3 Å². The average molecular weight is 398 g/mol. The number of alkyl carbamates (subject to hydrolysis) is 1. The zero-order chi connectivity index (χ0) is 21.8. The van der Waals surface area contributed by atoms with Crippen molar-refractivity contribution in [2.75, 3.05) is 0 Å². The maximum Gasteiger partial charge on any atom is 0.407 e. The minimum Gasteiger partial charge on any atom is -0.446 e. The Morgan fingerprint density at radius 3 is 2.25 bits per heavy atom. The number of allylic oxidation sites excluding steroid dienone is 1. The molecule has 0 bridgehead atoms. The summed E-state index contributed by atoms with van der Waals surface area (Å²) in [7, 11) is 0. The van der Waals surface area contributed by atoms with Gasteiger partial charge in [-0.15, -0.1) is 0 Å². The molecule has 164 valence electrons. The van der Waals surface area contributed by atoms with E-state index in [0.29, 0.717) is 18.3 Å². The highest BCUT2D eigenvalue weighted by Gasteiger charge is 2.36. The van der Waals surface area contributed by atoms with Crippen molar-refractivity contribution in [3.8, 4) is 0 Å². The predicted molar refractivity (Wildman–Crippen MR) is 114 cm³/mol. The van der Waals surface area contributed by atoms with Crippen molar-refractivity contribution in [1.82, 2.24) is 5.32 Å². The van der Waals surface area contributed by atoms with Crippen molar-refractivity contribution in [3.05, 3.63) is 12.2 Å². The molecule has 3 atom stereocenters. The number of nitrogens with one attached hydrogen (secondary N) is 1. The zero-order valence-electron chi connectivity index (χ0n) is 19.6. The van der Waals surface area contributed by atoms with Gasteiger partial charge in [0, 0.05) is 12.0 Å². The molecule has 0 aromatic heterocycles. The molecule has 5 heteroatoms. The van der Waals surface area contributed by atoms with E-state index in [9.17, 15) is 4.79 Å². The van der Waals surface area contributed by atoms with Gasteiger partial charge in [-0.1, -0.05) is 18.6 Å². The minimum absolute atomic E-state index is 0.288. The van der Waals surface area contributed by atoms with Gasteiger partial charge in [-0.05, 0) is 93.4 Å². The van der Waals surface area contributed by atoms with Crippen LogP contribution in [0.4, 0.5) is 4.79 Å². The topological polar surface area (TPSA) is 56.8 Å². The highest BCUT2D eigenvalue weighted by molar-refractivity contribution is 5.68. The first kappa shape index (κ1) is 25.0. The van der Waals surface area contributed by atoms with E-state index >= 15 is 0 Å². The smallest absolute Gasteiger partial charge is 0.407 e. The van der Waals surface area contributed by atoms with Crippen LogP contribution in [0, 0.1) is 11.8 Å². The zero-order valence-corrected chi connectivity index (χ0v) is 19.6. The van der Waals surface area contributed by atoms with Gasteiger partial charge < -0.3 is 10.1 Å². The highest BCUT2D eigenvalue weighted by atomic mass is 17.2. The fraction of sp³-hybridized carbons (Fsp3) is 0.870. The molecule has 1 N–H and O–H groups in total. The fourth-order valence-electron chi connectivity index (χ4n) is 3.88. The summed E-state index contributed by atoms with van der Waals surface area (Å²) in [5.41, 5.74) is -0.00603. The second-order valence-corrected chi connectivity index (χ2v) is 10.7. The Morgan fingerprint density at radius 2 is 1.71 bits per heavy atom. The molecule has 1 aliphatic carbocycles. The molecule has 1 amide bonds. The third-order valence-corrected chi connectivity index (χ3v) is 5.42. The molecule has 1 rings (SSSR count). The molecule has 0 aromatic rings. The molecule has 0 radical (unpaired) electrons. The lowest BCUT2D eigenvalue weighted by atomic mass is 9.71. The van der Waals surface area contributed by atoms with Crippen LogP contribution in [0.25, 0.3) is 0 Å². The Hall–Kier alpha value is -1.07. The van der Waals surface area contributed by atoms with Gasteiger partial charge in [-0.25, -0.2) is 14.6 Å². The van der Waals surface area contributed by atoms with Crippen LogP contribution in [-0.4, -0.2) is 28.9 Å². The lowest BCUT2D eigenvalue weighted by Crippen LogP contribution is -2.51. The van der Waals surface area contributed by atoms with Gasteiger partial charge in [0.15, 0.2) is 0 Å². The summed E-state index contributed by atoms with van der Waals surface area (Å²) >= 11 is 0. The van der Waals surface area contributed by atoms with Crippen molar-refractivity contribution in [3.63, 3.8) is 0 Å². The Morgan fingerprint density at radius 1 is 1.11 bits per heavy atom. The molecule has 1 aliphatic rings. The van der Waals surface area contributed by atoms with E-state index in [4.69, 9.17) is 14.5 Å². The van der Waals surface area contributed by atoms with Crippen molar-refractivity contribution >= 4 is 6.09 Å². The van der Waals surface area contributed by atoms with E-state index in [2.05, 4.69) is 32.7 Å². The van der Waals surface area contributed by atoms with E-state index < -0.39 is 5.60 Å². The maximum atomic E-state index is 12.5. The molecule has 28 heavy (non-hydrogen) atoms. The SMILES string of the molecule is C=C(C)C1CCCC(C(C)(C)NC(=O)OC(C)CC(C)(C)OOC(C)(C)C)C1. The predicted octanol–water partition coefficient (Wildman–Crippen LogP) is 6.18.